The van der Waals surface area contributed by atoms with Gasteiger partial charge in [0.15, 0.2) is 0 Å². The molecular formula is C22H24F2SiZr. The van der Waals surface area contributed by atoms with Crippen LogP contribution in [0.15, 0.2) is 72.8 Å². The largest absolute Gasteiger partial charge is 4.00 e. The Hall–Kier alpha value is -1.38. The van der Waals surface area contributed by atoms with Crippen LogP contribution in [0, 0.1) is 13.8 Å². The molecule has 0 bridgehead atoms. The van der Waals surface area contributed by atoms with E-state index >= 15 is 0 Å². The average molecular weight is 446 g/mol. The topological polar surface area (TPSA) is 0 Å². The van der Waals surface area contributed by atoms with Gasteiger partial charge in [0.05, 0.1) is 0 Å². The third-order valence-electron chi connectivity index (χ3n) is 3.52. The van der Waals surface area contributed by atoms with Crippen LogP contribution in [0.1, 0.15) is 11.1 Å². The van der Waals surface area contributed by atoms with E-state index in [2.05, 4.69) is 99.7 Å². The van der Waals surface area contributed by atoms with Crippen LogP contribution in [0.4, 0.5) is 0 Å². The molecule has 0 unspecified atom stereocenters. The number of rotatable bonds is 0. The van der Waals surface area contributed by atoms with Crippen molar-refractivity contribution in [2.24, 2.45) is 0 Å². The van der Waals surface area contributed by atoms with Crippen molar-refractivity contribution >= 4 is 31.1 Å². The van der Waals surface area contributed by atoms with Gasteiger partial charge in [0.1, 0.15) is 0 Å². The Bertz CT molecular complexity index is 726. The Morgan fingerprint density at radius 1 is 0.654 bits per heavy atom. The van der Waals surface area contributed by atoms with Crippen molar-refractivity contribution in [3.05, 3.63) is 83.9 Å². The Morgan fingerprint density at radius 3 is 1.27 bits per heavy atom. The van der Waals surface area contributed by atoms with E-state index < -0.39 is 0 Å². The monoisotopic (exact) mass is 444 g/mol. The minimum absolute atomic E-state index is 0. The fourth-order valence-electron chi connectivity index (χ4n) is 2.61. The molecule has 0 spiro atoms. The van der Waals surface area contributed by atoms with E-state index in [0.717, 1.165) is 9.52 Å². The molecule has 4 aromatic carbocycles. The number of halogens is 2. The van der Waals surface area contributed by atoms with E-state index in [-0.39, 0.29) is 35.6 Å². The van der Waals surface area contributed by atoms with Gasteiger partial charge in [-0.15, -0.1) is 81.2 Å². The summed E-state index contributed by atoms with van der Waals surface area (Å²) in [5.41, 5.74) is 2.70. The van der Waals surface area contributed by atoms with Gasteiger partial charge in [-0.3, -0.25) is 0 Å². The molecule has 0 atom stereocenters. The second-order valence-electron chi connectivity index (χ2n) is 5.82. The van der Waals surface area contributed by atoms with Crippen LogP contribution in [0.25, 0.3) is 21.5 Å². The van der Waals surface area contributed by atoms with Crippen LogP contribution in [0.2, 0.25) is 13.1 Å². The number of benzene rings is 2. The molecule has 4 heteroatoms. The van der Waals surface area contributed by atoms with Crippen LogP contribution in [-0.2, 0) is 26.2 Å². The fraction of sp³-hybridized carbons (Fsp3) is 0.182. The zero-order valence-corrected chi connectivity index (χ0v) is 19.1. The molecule has 0 saturated heterocycles. The summed E-state index contributed by atoms with van der Waals surface area (Å²) < 4.78 is 0. The molecule has 0 N–H and O–H groups in total. The van der Waals surface area contributed by atoms with Crippen molar-refractivity contribution in [2.45, 2.75) is 26.9 Å². The molecule has 0 aliphatic rings. The van der Waals surface area contributed by atoms with E-state index in [1.165, 1.54) is 32.7 Å². The summed E-state index contributed by atoms with van der Waals surface area (Å²) in [7, 11) is 1.08. The third-order valence-corrected chi connectivity index (χ3v) is 3.52. The maximum Gasteiger partial charge on any atom is 4.00 e. The molecule has 0 nitrogen and oxygen atoms in total. The van der Waals surface area contributed by atoms with Crippen molar-refractivity contribution in [1.29, 1.82) is 0 Å². The maximum atomic E-state index is 2.20. The molecule has 0 aliphatic carbocycles. The first-order valence-electron chi connectivity index (χ1n) is 7.96. The van der Waals surface area contributed by atoms with E-state index in [4.69, 9.17) is 0 Å². The number of aryl methyl sites for hydroxylation is 2. The summed E-state index contributed by atoms with van der Waals surface area (Å²) >= 11 is 0. The van der Waals surface area contributed by atoms with Crippen molar-refractivity contribution in [3.63, 3.8) is 0 Å². The van der Waals surface area contributed by atoms with Gasteiger partial charge < -0.3 is 9.41 Å². The van der Waals surface area contributed by atoms with Gasteiger partial charge >= 0.3 is 26.2 Å². The number of hydrogen-bond donors (Lipinski definition) is 0. The molecule has 2 radical (unpaired) electrons. The van der Waals surface area contributed by atoms with Gasteiger partial charge in [-0.05, 0) is 0 Å². The van der Waals surface area contributed by atoms with E-state index in [0.29, 0.717) is 0 Å². The molecule has 0 amide bonds. The molecule has 0 saturated carbocycles. The second-order valence-corrected chi connectivity index (χ2v) is 6.82. The van der Waals surface area contributed by atoms with E-state index in [9.17, 15) is 0 Å². The van der Waals surface area contributed by atoms with Crippen LogP contribution in [-0.4, -0.2) is 9.52 Å². The van der Waals surface area contributed by atoms with Crippen molar-refractivity contribution in [1.82, 2.24) is 0 Å². The Kier molecular flexibility index (Phi) is 14.2. The van der Waals surface area contributed by atoms with Gasteiger partial charge in [0.25, 0.3) is 0 Å². The first-order valence-corrected chi connectivity index (χ1v) is 9.96. The molecule has 0 aliphatic heterocycles. The Balaban J connectivity index is 0. The zero-order valence-electron chi connectivity index (χ0n) is 15.7. The summed E-state index contributed by atoms with van der Waals surface area (Å²) in [5, 5.41) is 5.39. The van der Waals surface area contributed by atoms with Crippen LogP contribution in [0.5, 0.6) is 0 Å². The van der Waals surface area contributed by atoms with Gasteiger partial charge in [0.2, 0.25) is 0 Å². The SMILES string of the molecule is C[Si]C.Cc1cc2ccccc2[cH-]1.Cc1cc2ccccc2[cH-]1.[F-].[F-].[Zr+4]. The average Bonchev–Trinajstić information content (AvgIpc) is 3.08. The molecule has 0 heterocycles. The number of fused-ring (bicyclic) bond motifs is 2. The quantitative estimate of drug-likeness (QED) is 0.274. The molecular weight excluding hydrogens is 422 g/mol. The first-order chi connectivity index (χ1) is 11.1. The predicted octanol–water partition coefficient (Wildman–Crippen LogP) is 0.527. The minimum atomic E-state index is 0. The summed E-state index contributed by atoms with van der Waals surface area (Å²) in [6.45, 7) is 8.56. The van der Waals surface area contributed by atoms with Gasteiger partial charge in [0, 0.05) is 9.52 Å². The Labute approximate surface area is 177 Å². The molecule has 4 rings (SSSR count). The summed E-state index contributed by atoms with van der Waals surface area (Å²) in [6, 6.07) is 25.7. The van der Waals surface area contributed by atoms with E-state index in [1.54, 1.807) is 0 Å². The fourth-order valence-corrected chi connectivity index (χ4v) is 2.61. The molecule has 134 valence electrons. The smallest absolute Gasteiger partial charge is 1.00 e. The number of hydrogen-bond acceptors (Lipinski definition) is 0. The van der Waals surface area contributed by atoms with Crippen LogP contribution in [0.3, 0.4) is 0 Å². The minimum Gasteiger partial charge on any atom is -1.00 e. The first kappa shape index (κ1) is 26.8. The van der Waals surface area contributed by atoms with Gasteiger partial charge in [-0.2, -0.15) is 12.1 Å². The third kappa shape index (κ3) is 7.88. The molecule has 4 aromatic rings. The van der Waals surface area contributed by atoms with Crippen molar-refractivity contribution < 1.29 is 35.6 Å². The second kappa shape index (κ2) is 13.8. The van der Waals surface area contributed by atoms with Crippen molar-refractivity contribution in [2.75, 3.05) is 0 Å². The summed E-state index contributed by atoms with van der Waals surface area (Å²) in [6.07, 6.45) is 0. The zero-order chi connectivity index (χ0) is 16.7. The van der Waals surface area contributed by atoms with E-state index in [1.807, 2.05) is 0 Å². The molecule has 0 fully saturated rings. The predicted molar refractivity (Wildman–Crippen MR) is 106 cm³/mol. The van der Waals surface area contributed by atoms with Crippen LogP contribution < -0.4 is 9.41 Å². The standard InChI is InChI=1S/2C10H9.C2H6Si.2FH.Zr/c2*1-8-6-9-4-2-3-5-10(9)7-8;1-3-2;;;/h2*2-7H,1H3;1-2H3;2*1H;/q2*-1;;;;+4/p-2. The summed E-state index contributed by atoms with van der Waals surface area (Å²) in [4.78, 5) is 0. The summed E-state index contributed by atoms with van der Waals surface area (Å²) in [5.74, 6) is 0. The Morgan fingerprint density at radius 2 is 0.962 bits per heavy atom. The maximum absolute atomic E-state index is 2.20. The normalized spacial score (nSPS) is 8.77. The van der Waals surface area contributed by atoms with Crippen LogP contribution >= 0.6 is 0 Å². The van der Waals surface area contributed by atoms with Gasteiger partial charge in [-0.1, -0.05) is 39.1 Å². The van der Waals surface area contributed by atoms with Gasteiger partial charge in [-0.25, -0.2) is 0 Å². The van der Waals surface area contributed by atoms with Crippen molar-refractivity contribution in [3.8, 4) is 0 Å². The molecule has 26 heavy (non-hydrogen) atoms. The molecule has 0 aromatic heterocycles.